The van der Waals surface area contributed by atoms with Crippen LogP contribution in [0, 0.1) is 0 Å². The molecule has 3 heteroatoms. The maximum Gasteiger partial charge on any atom is 0.0934 e. The lowest BCUT2D eigenvalue weighted by Crippen LogP contribution is -2.26. The Kier molecular flexibility index (Phi) is 4.19. The molecule has 1 saturated heterocycles. The van der Waals surface area contributed by atoms with E-state index in [1.807, 2.05) is 0 Å². The van der Waals surface area contributed by atoms with Gasteiger partial charge in [0.25, 0.3) is 0 Å². The summed E-state index contributed by atoms with van der Waals surface area (Å²) in [6.45, 7) is 6.27. The van der Waals surface area contributed by atoms with Crippen LogP contribution in [0.2, 0.25) is 0 Å². The van der Waals surface area contributed by atoms with Crippen LogP contribution in [0.5, 0.6) is 0 Å². The summed E-state index contributed by atoms with van der Waals surface area (Å²) in [5.41, 5.74) is 0. The van der Waals surface area contributed by atoms with Gasteiger partial charge < -0.3 is 10.1 Å². The minimum atomic E-state index is 0. The molecule has 1 aliphatic heterocycles. The summed E-state index contributed by atoms with van der Waals surface area (Å²) in [5, 5.41) is 3.28. The van der Waals surface area contributed by atoms with E-state index in [-0.39, 0.29) is 12.4 Å². The fraction of sp³-hybridized carbons (Fsp3) is 1.00. The summed E-state index contributed by atoms with van der Waals surface area (Å²) in [7, 11) is 0. The van der Waals surface area contributed by atoms with Gasteiger partial charge in [-0.2, -0.15) is 0 Å². The summed E-state index contributed by atoms with van der Waals surface area (Å²) in [5.74, 6) is 0. The quantitative estimate of drug-likeness (QED) is 0.604. The third-order valence-corrected chi connectivity index (χ3v) is 1.16. The zero-order valence-electron chi connectivity index (χ0n) is 5.89. The molecule has 1 heterocycles. The largest absolute Gasteiger partial charge is 0.372 e. The van der Waals surface area contributed by atoms with Crippen LogP contribution in [-0.4, -0.2) is 25.3 Å². The molecular formula is C6H14ClNO. The average molecular weight is 152 g/mol. The van der Waals surface area contributed by atoms with E-state index in [0.29, 0.717) is 12.1 Å². The number of epoxide rings is 1. The molecule has 1 aliphatic rings. The maximum absolute atomic E-state index is 5.00. The Hall–Kier alpha value is 0.210. The van der Waals surface area contributed by atoms with Crippen LogP contribution >= 0.6 is 12.4 Å². The fourth-order valence-electron chi connectivity index (χ4n) is 0.553. The Morgan fingerprint density at radius 2 is 2.22 bits per heavy atom. The smallest absolute Gasteiger partial charge is 0.0934 e. The van der Waals surface area contributed by atoms with Crippen molar-refractivity contribution in [2.75, 3.05) is 13.2 Å². The van der Waals surface area contributed by atoms with Gasteiger partial charge in [-0.15, -0.1) is 12.4 Å². The van der Waals surface area contributed by atoms with E-state index in [4.69, 9.17) is 4.74 Å². The van der Waals surface area contributed by atoms with E-state index in [9.17, 15) is 0 Å². The molecule has 0 bridgehead atoms. The molecule has 0 aliphatic carbocycles. The molecule has 0 amide bonds. The van der Waals surface area contributed by atoms with Crippen LogP contribution in [0.15, 0.2) is 0 Å². The zero-order valence-corrected chi connectivity index (χ0v) is 6.70. The molecule has 1 rings (SSSR count). The molecular weight excluding hydrogens is 138 g/mol. The molecule has 0 radical (unpaired) electrons. The minimum Gasteiger partial charge on any atom is -0.372 e. The molecule has 0 saturated carbocycles. The Morgan fingerprint density at radius 3 is 2.56 bits per heavy atom. The molecule has 1 N–H and O–H groups in total. The molecule has 2 nitrogen and oxygen atoms in total. The summed E-state index contributed by atoms with van der Waals surface area (Å²) in [4.78, 5) is 0. The second kappa shape index (κ2) is 4.09. The lowest BCUT2D eigenvalue weighted by atomic mass is 10.4. The van der Waals surface area contributed by atoms with Crippen molar-refractivity contribution in [3.05, 3.63) is 0 Å². The van der Waals surface area contributed by atoms with Crippen molar-refractivity contribution >= 4 is 12.4 Å². The first kappa shape index (κ1) is 9.21. The number of nitrogens with one attached hydrogen (secondary N) is 1. The van der Waals surface area contributed by atoms with Crippen molar-refractivity contribution in [2.24, 2.45) is 0 Å². The Morgan fingerprint density at radius 1 is 1.67 bits per heavy atom. The van der Waals surface area contributed by atoms with Crippen molar-refractivity contribution in [1.82, 2.24) is 5.32 Å². The van der Waals surface area contributed by atoms with E-state index in [1.54, 1.807) is 0 Å². The monoisotopic (exact) mass is 151 g/mol. The highest BCUT2D eigenvalue weighted by molar-refractivity contribution is 5.85. The average Bonchev–Trinajstić information content (AvgIpc) is 2.41. The second-order valence-electron chi connectivity index (χ2n) is 2.52. The van der Waals surface area contributed by atoms with Crippen LogP contribution in [-0.2, 0) is 4.74 Å². The van der Waals surface area contributed by atoms with Crippen LogP contribution in [0.3, 0.4) is 0 Å². The van der Waals surface area contributed by atoms with Gasteiger partial charge in [-0.3, -0.25) is 0 Å². The Bertz CT molecular complexity index is 71.5. The second-order valence-corrected chi connectivity index (χ2v) is 2.52. The topological polar surface area (TPSA) is 24.6 Å². The molecule has 56 valence electrons. The van der Waals surface area contributed by atoms with E-state index in [0.717, 1.165) is 13.2 Å². The molecule has 0 unspecified atom stereocenters. The first-order valence-corrected chi connectivity index (χ1v) is 3.14. The predicted octanol–water partition coefficient (Wildman–Crippen LogP) is 0.805. The number of halogens is 1. The van der Waals surface area contributed by atoms with Crippen molar-refractivity contribution in [1.29, 1.82) is 0 Å². The first-order chi connectivity index (χ1) is 3.79. The Balaban J connectivity index is 0.000000640. The van der Waals surface area contributed by atoms with Crippen molar-refractivity contribution in [2.45, 2.75) is 26.0 Å². The summed E-state index contributed by atoms with van der Waals surface area (Å²) >= 11 is 0. The zero-order chi connectivity index (χ0) is 5.98. The third-order valence-electron chi connectivity index (χ3n) is 1.16. The van der Waals surface area contributed by atoms with Crippen molar-refractivity contribution < 1.29 is 4.74 Å². The van der Waals surface area contributed by atoms with Gasteiger partial charge in [0, 0.05) is 12.6 Å². The minimum absolute atomic E-state index is 0. The standard InChI is InChI=1S/C6H13NO.ClH/c1-5(2)7-3-6-4-8-6;/h5-7H,3-4H2,1-2H3;1H/t6-;/m1./s1. The van der Waals surface area contributed by atoms with Crippen molar-refractivity contribution in [3.63, 3.8) is 0 Å². The Labute approximate surface area is 62.4 Å². The van der Waals surface area contributed by atoms with Crippen LogP contribution in [0.4, 0.5) is 0 Å². The van der Waals surface area contributed by atoms with Gasteiger partial charge >= 0.3 is 0 Å². The molecule has 9 heavy (non-hydrogen) atoms. The van der Waals surface area contributed by atoms with Gasteiger partial charge in [-0.05, 0) is 0 Å². The van der Waals surface area contributed by atoms with E-state index < -0.39 is 0 Å². The molecule has 0 spiro atoms. The molecule has 0 aromatic heterocycles. The molecule has 0 aromatic rings. The highest BCUT2D eigenvalue weighted by Gasteiger charge is 2.21. The van der Waals surface area contributed by atoms with Crippen LogP contribution < -0.4 is 5.32 Å². The summed E-state index contributed by atoms with van der Waals surface area (Å²) in [6, 6.07) is 0.596. The molecule has 1 atom stereocenters. The van der Waals surface area contributed by atoms with Gasteiger partial charge in [0.15, 0.2) is 0 Å². The number of rotatable bonds is 3. The highest BCUT2D eigenvalue weighted by atomic mass is 35.5. The first-order valence-electron chi connectivity index (χ1n) is 3.14. The van der Waals surface area contributed by atoms with Crippen LogP contribution in [0.1, 0.15) is 13.8 Å². The maximum atomic E-state index is 5.00. The van der Waals surface area contributed by atoms with Gasteiger partial charge in [0.1, 0.15) is 0 Å². The summed E-state index contributed by atoms with van der Waals surface area (Å²) < 4.78 is 5.00. The normalized spacial score (nSPS) is 23.7. The van der Waals surface area contributed by atoms with Gasteiger partial charge in [0.05, 0.1) is 12.7 Å². The SMILES string of the molecule is CC(C)NC[C@@H]1CO1.Cl. The van der Waals surface area contributed by atoms with E-state index in [2.05, 4.69) is 19.2 Å². The number of hydrogen-bond acceptors (Lipinski definition) is 2. The summed E-state index contributed by atoms with van der Waals surface area (Å²) in [6.07, 6.45) is 0.525. The van der Waals surface area contributed by atoms with Crippen molar-refractivity contribution in [3.8, 4) is 0 Å². The lowest BCUT2D eigenvalue weighted by molar-refractivity contribution is 0.389. The molecule has 0 aromatic carbocycles. The predicted molar refractivity (Wildman–Crippen MR) is 40.1 cm³/mol. The number of hydrogen-bond donors (Lipinski definition) is 1. The van der Waals surface area contributed by atoms with Gasteiger partial charge in [-0.1, -0.05) is 13.8 Å². The number of ether oxygens (including phenoxy) is 1. The highest BCUT2D eigenvalue weighted by Crippen LogP contribution is 2.06. The van der Waals surface area contributed by atoms with E-state index in [1.165, 1.54) is 0 Å². The van der Waals surface area contributed by atoms with Crippen LogP contribution in [0.25, 0.3) is 0 Å². The fourth-order valence-corrected chi connectivity index (χ4v) is 0.553. The molecule has 1 fully saturated rings. The lowest BCUT2D eigenvalue weighted by Gasteiger charge is -2.03. The van der Waals surface area contributed by atoms with E-state index >= 15 is 0 Å². The third kappa shape index (κ3) is 4.70. The van der Waals surface area contributed by atoms with Gasteiger partial charge in [0.2, 0.25) is 0 Å². The van der Waals surface area contributed by atoms with Gasteiger partial charge in [-0.25, -0.2) is 0 Å².